The summed E-state index contributed by atoms with van der Waals surface area (Å²) in [6, 6.07) is 14.4. The van der Waals surface area contributed by atoms with Crippen LogP contribution < -0.4 is 10.9 Å². The number of fused-ring (bicyclic) bond motifs is 1. The van der Waals surface area contributed by atoms with Gasteiger partial charge in [0.1, 0.15) is 15.8 Å². The predicted octanol–water partition coefficient (Wildman–Crippen LogP) is 3.45. The number of nitrogens with zero attached hydrogens (tertiary/aromatic N) is 3. The molecule has 0 aliphatic carbocycles. The van der Waals surface area contributed by atoms with Gasteiger partial charge in [-0.3, -0.25) is 18.9 Å². The van der Waals surface area contributed by atoms with Crippen LogP contribution in [0, 0.1) is 0 Å². The lowest BCUT2D eigenvalue weighted by molar-refractivity contribution is -0.123. The maximum absolute atomic E-state index is 13.3. The van der Waals surface area contributed by atoms with Crippen LogP contribution in [0.5, 0.6) is 0 Å². The van der Waals surface area contributed by atoms with Gasteiger partial charge in [-0.15, -0.1) is 0 Å². The van der Waals surface area contributed by atoms with Crippen molar-refractivity contribution in [1.82, 2.24) is 14.3 Å². The molecule has 1 aliphatic rings. The highest BCUT2D eigenvalue weighted by atomic mass is 32.2. The van der Waals surface area contributed by atoms with Gasteiger partial charge in [0.2, 0.25) is 0 Å². The van der Waals surface area contributed by atoms with E-state index in [0.29, 0.717) is 20.7 Å². The number of aromatic nitrogens is 2. The Hall–Kier alpha value is -3.01. The summed E-state index contributed by atoms with van der Waals surface area (Å²) in [5.74, 6) is 0.0637. The van der Waals surface area contributed by atoms with Crippen LogP contribution in [-0.4, -0.2) is 42.2 Å². The molecule has 0 spiro atoms. The van der Waals surface area contributed by atoms with Crippen molar-refractivity contribution >= 4 is 51.7 Å². The number of carbonyl (C=O) groups is 1. The summed E-state index contributed by atoms with van der Waals surface area (Å²) < 4.78 is 1.88. The normalized spacial score (nSPS) is 16.4. The Kier molecular flexibility index (Phi) is 6.40. The number of benzene rings is 1. The molecule has 1 atom stereocenters. The van der Waals surface area contributed by atoms with Gasteiger partial charge in [-0.1, -0.05) is 60.4 Å². The predicted molar refractivity (Wildman–Crippen MR) is 132 cm³/mol. The Balaban J connectivity index is 1.74. The number of hydrogen-bond acceptors (Lipinski definition) is 7. The fraction of sp³-hybridized carbons (Fsp3) is 0.217. The van der Waals surface area contributed by atoms with E-state index >= 15 is 0 Å². The van der Waals surface area contributed by atoms with Gasteiger partial charge in [0.15, 0.2) is 0 Å². The zero-order valence-corrected chi connectivity index (χ0v) is 19.2. The van der Waals surface area contributed by atoms with Crippen molar-refractivity contribution in [2.75, 3.05) is 11.9 Å². The smallest absolute Gasteiger partial charge is 0.267 e. The lowest BCUT2D eigenvalue weighted by Gasteiger charge is -2.18. The Labute approximate surface area is 194 Å². The van der Waals surface area contributed by atoms with Gasteiger partial charge in [0.25, 0.3) is 11.5 Å². The van der Waals surface area contributed by atoms with Crippen molar-refractivity contribution in [2.24, 2.45) is 0 Å². The van der Waals surface area contributed by atoms with Crippen molar-refractivity contribution in [3.8, 4) is 0 Å². The lowest BCUT2D eigenvalue weighted by atomic mass is 10.1. The molecule has 0 saturated carbocycles. The molecule has 1 aliphatic heterocycles. The molecule has 164 valence electrons. The summed E-state index contributed by atoms with van der Waals surface area (Å²) in [5.41, 5.74) is 1.12. The Bertz CT molecular complexity index is 1270. The first-order chi connectivity index (χ1) is 15.4. The molecule has 2 N–H and O–H groups in total. The van der Waals surface area contributed by atoms with Crippen LogP contribution in [0.25, 0.3) is 11.7 Å². The molecule has 32 heavy (non-hydrogen) atoms. The number of pyridine rings is 1. The minimum atomic E-state index is -0.792. The third-order valence-electron chi connectivity index (χ3n) is 5.03. The second kappa shape index (κ2) is 9.23. The van der Waals surface area contributed by atoms with Crippen LogP contribution >= 0.6 is 24.0 Å². The van der Waals surface area contributed by atoms with E-state index in [2.05, 4.69) is 10.3 Å². The molecule has 3 aromatic rings. The summed E-state index contributed by atoms with van der Waals surface area (Å²) in [5, 5.41) is 13.6. The van der Waals surface area contributed by atoms with Crippen LogP contribution in [0.15, 0.2) is 64.4 Å². The Morgan fingerprint density at radius 2 is 1.88 bits per heavy atom. The highest BCUT2D eigenvalue weighted by molar-refractivity contribution is 8.26. The fourth-order valence-electron chi connectivity index (χ4n) is 3.41. The number of aliphatic hydroxyl groups excluding tert-OH is 1. The standard InChI is InChI=1S/C23H22N4O3S2/c1-14(2)27-22(30)18(32-23(27)31)12-16-20(24-13-17(28)15-8-4-3-5-9-15)25-19-10-6-7-11-26(19)21(16)29/h3-12,14,17,24,28H,13H2,1-2H3/b18-12-/t17-/m1/s1. The Morgan fingerprint density at radius 3 is 2.56 bits per heavy atom. The van der Waals surface area contributed by atoms with Gasteiger partial charge in [-0.2, -0.15) is 0 Å². The SMILES string of the molecule is CC(C)N1C(=O)/C(=C/c2c(NC[C@@H](O)c3ccccc3)nc3ccccn3c2=O)SC1=S. The first-order valence-electron chi connectivity index (χ1n) is 10.1. The average Bonchev–Trinajstić information content (AvgIpc) is 3.07. The summed E-state index contributed by atoms with van der Waals surface area (Å²) in [7, 11) is 0. The zero-order chi connectivity index (χ0) is 22.8. The second-order valence-corrected chi connectivity index (χ2v) is 9.24. The minimum absolute atomic E-state index is 0.0807. The van der Waals surface area contributed by atoms with E-state index in [-0.39, 0.29) is 29.6 Å². The number of thiocarbonyl (C=S) groups is 1. The maximum atomic E-state index is 13.3. The number of anilines is 1. The largest absolute Gasteiger partial charge is 0.387 e. The number of thioether (sulfide) groups is 1. The monoisotopic (exact) mass is 466 g/mol. The fourth-order valence-corrected chi connectivity index (χ4v) is 4.92. The molecule has 3 heterocycles. The molecule has 0 bridgehead atoms. The molecule has 2 aromatic heterocycles. The number of amides is 1. The topological polar surface area (TPSA) is 86.9 Å². The van der Waals surface area contributed by atoms with E-state index in [1.807, 2.05) is 44.2 Å². The summed E-state index contributed by atoms with van der Waals surface area (Å²) in [6.07, 6.45) is 2.37. The van der Waals surface area contributed by atoms with Crippen LogP contribution in [0.1, 0.15) is 31.1 Å². The number of carbonyl (C=O) groups excluding carboxylic acids is 1. The summed E-state index contributed by atoms with van der Waals surface area (Å²) in [4.78, 5) is 32.6. The molecule has 1 aromatic carbocycles. The molecule has 4 rings (SSSR count). The highest BCUT2D eigenvalue weighted by Gasteiger charge is 2.34. The Morgan fingerprint density at radius 1 is 1.16 bits per heavy atom. The van der Waals surface area contributed by atoms with Crippen LogP contribution in [0.2, 0.25) is 0 Å². The third kappa shape index (κ3) is 4.32. The summed E-state index contributed by atoms with van der Waals surface area (Å²) >= 11 is 6.51. The van der Waals surface area contributed by atoms with Gasteiger partial charge >= 0.3 is 0 Å². The van der Waals surface area contributed by atoms with Gasteiger partial charge < -0.3 is 10.4 Å². The highest BCUT2D eigenvalue weighted by Crippen LogP contribution is 2.34. The molecule has 9 heteroatoms. The van der Waals surface area contributed by atoms with Crippen LogP contribution in [-0.2, 0) is 4.79 Å². The number of aliphatic hydroxyl groups is 1. The van der Waals surface area contributed by atoms with E-state index < -0.39 is 6.10 Å². The van der Waals surface area contributed by atoms with Crippen LogP contribution in [0.4, 0.5) is 5.82 Å². The van der Waals surface area contributed by atoms with Crippen molar-refractivity contribution in [1.29, 1.82) is 0 Å². The number of rotatable bonds is 6. The maximum Gasteiger partial charge on any atom is 0.267 e. The first-order valence-corrected chi connectivity index (χ1v) is 11.3. The first kappa shape index (κ1) is 22.2. The molecular weight excluding hydrogens is 444 g/mol. The lowest BCUT2D eigenvalue weighted by Crippen LogP contribution is -2.34. The van der Waals surface area contributed by atoms with Crippen molar-refractivity contribution in [3.05, 3.63) is 81.1 Å². The van der Waals surface area contributed by atoms with E-state index in [0.717, 1.165) is 17.3 Å². The minimum Gasteiger partial charge on any atom is -0.387 e. The molecule has 1 fully saturated rings. The third-order valence-corrected chi connectivity index (χ3v) is 6.36. The average molecular weight is 467 g/mol. The zero-order valence-electron chi connectivity index (χ0n) is 17.6. The quantitative estimate of drug-likeness (QED) is 0.425. The molecule has 1 amide bonds. The van der Waals surface area contributed by atoms with Crippen molar-refractivity contribution in [3.63, 3.8) is 0 Å². The van der Waals surface area contributed by atoms with Gasteiger partial charge in [0.05, 0.1) is 16.6 Å². The molecule has 7 nitrogen and oxygen atoms in total. The van der Waals surface area contributed by atoms with Crippen molar-refractivity contribution in [2.45, 2.75) is 26.0 Å². The van der Waals surface area contributed by atoms with E-state index in [9.17, 15) is 14.7 Å². The number of nitrogens with one attached hydrogen (secondary N) is 1. The molecule has 1 saturated heterocycles. The summed E-state index contributed by atoms with van der Waals surface area (Å²) in [6.45, 7) is 3.92. The second-order valence-electron chi connectivity index (χ2n) is 7.56. The molecule has 0 radical (unpaired) electrons. The molecule has 0 unspecified atom stereocenters. The number of hydrogen-bond donors (Lipinski definition) is 2. The van der Waals surface area contributed by atoms with Crippen molar-refractivity contribution < 1.29 is 9.90 Å². The van der Waals surface area contributed by atoms with Gasteiger partial charge in [0, 0.05) is 18.8 Å². The van der Waals surface area contributed by atoms with E-state index in [1.165, 1.54) is 15.4 Å². The van der Waals surface area contributed by atoms with E-state index in [1.54, 1.807) is 24.4 Å². The van der Waals surface area contributed by atoms with Gasteiger partial charge in [-0.05, 0) is 37.6 Å². The molecular formula is C23H22N4O3S2. The van der Waals surface area contributed by atoms with E-state index in [4.69, 9.17) is 12.2 Å². The van der Waals surface area contributed by atoms with Crippen LogP contribution in [0.3, 0.4) is 0 Å². The van der Waals surface area contributed by atoms with Gasteiger partial charge in [-0.25, -0.2) is 4.98 Å².